The summed E-state index contributed by atoms with van der Waals surface area (Å²) in [6, 6.07) is 6.54. The van der Waals surface area contributed by atoms with Crippen LogP contribution in [0.3, 0.4) is 0 Å². The molecule has 106 valence electrons. The second kappa shape index (κ2) is 5.44. The zero-order valence-corrected chi connectivity index (χ0v) is 11.8. The maximum absolute atomic E-state index is 10.8. The summed E-state index contributed by atoms with van der Waals surface area (Å²) >= 11 is 1.45. The lowest BCUT2D eigenvalue weighted by Gasteiger charge is -2.01. The van der Waals surface area contributed by atoms with Gasteiger partial charge in [-0.25, -0.2) is 14.6 Å². The molecule has 0 fully saturated rings. The van der Waals surface area contributed by atoms with E-state index >= 15 is 0 Å². The molecule has 0 aliphatic heterocycles. The van der Waals surface area contributed by atoms with E-state index in [0.29, 0.717) is 21.9 Å². The highest BCUT2D eigenvalue weighted by Gasteiger charge is 2.11. The summed E-state index contributed by atoms with van der Waals surface area (Å²) in [5.74, 6) is 0.560. The molecular formula is C12H10N6O2S. The van der Waals surface area contributed by atoms with Crippen LogP contribution in [-0.2, 0) is 12.8 Å². The summed E-state index contributed by atoms with van der Waals surface area (Å²) in [6.07, 6.45) is 1.46. The highest BCUT2D eigenvalue weighted by Crippen LogP contribution is 2.26. The second-order valence-electron chi connectivity index (χ2n) is 4.28. The van der Waals surface area contributed by atoms with Crippen LogP contribution in [0.5, 0.6) is 0 Å². The van der Waals surface area contributed by atoms with Gasteiger partial charge in [-0.15, -0.1) is 5.10 Å². The van der Waals surface area contributed by atoms with Crippen molar-refractivity contribution in [3.8, 4) is 0 Å². The quantitative estimate of drug-likeness (QED) is 0.314. The molecule has 1 aromatic carbocycles. The monoisotopic (exact) mass is 302 g/mol. The van der Waals surface area contributed by atoms with E-state index in [1.54, 1.807) is 23.9 Å². The Morgan fingerprint density at radius 1 is 1.38 bits per heavy atom. The molecule has 8 nitrogen and oxygen atoms in total. The van der Waals surface area contributed by atoms with Gasteiger partial charge in [0, 0.05) is 24.9 Å². The zero-order chi connectivity index (χ0) is 14.8. The van der Waals surface area contributed by atoms with Gasteiger partial charge in [-0.1, -0.05) is 29.1 Å². The Balaban J connectivity index is 1.83. The Bertz CT molecular complexity index is 818. The number of fused-ring (bicyclic) bond motifs is 1. The number of rotatable bonds is 4. The van der Waals surface area contributed by atoms with Crippen molar-refractivity contribution >= 4 is 28.6 Å². The maximum Gasteiger partial charge on any atom is 0.269 e. The lowest BCUT2D eigenvalue weighted by atomic mass is 10.2. The molecule has 0 spiro atoms. The Labute approximate surface area is 123 Å². The van der Waals surface area contributed by atoms with Crippen LogP contribution in [0.25, 0.3) is 11.2 Å². The molecule has 2 aromatic heterocycles. The van der Waals surface area contributed by atoms with Crippen molar-refractivity contribution in [3.05, 3.63) is 46.3 Å². The van der Waals surface area contributed by atoms with Gasteiger partial charge in [0.05, 0.1) is 4.92 Å². The standard InChI is InChI=1S/C12H10N6O2S/c1-17-11-10(15-16-17)12(14-7-13-11)21-6-8-3-2-4-9(5-8)18(19)20/h2-5,7H,6H2,1H3. The molecule has 21 heavy (non-hydrogen) atoms. The van der Waals surface area contributed by atoms with Crippen molar-refractivity contribution in [1.82, 2.24) is 25.0 Å². The van der Waals surface area contributed by atoms with Gasteiger partial charge in [0.25, 0.3) is 5.69 Å². The number of thioether (sulfide) groups is 1. The van der Waals surface area contributed by atoms with Crippen molar-refractivity contribution in [2.24, 2.45) is 7.05 Å². The molecule has 0 atom stereocenters. The minimum Gasteiger partial charge on any atom is -0.258 e. The fourth-order valence-corrected chi connectivity index (χ4v) is 2.72. The van der Waals surface area contributed by atoms with Crippen LogP contribution >= 0.6 is 11.8 Å². The molecule has 0 saturated carbocycles. The number of nitro benzene ring substituents is 1. The molecule has 3 rings (SSSR count). The molecule has 9 heteroatoms. The van der Waals surface area contributed by atoms with Gasteiger partial charge < -0.3 is 0 Å². The number of benzene rings is 1. The third-order valence-corrected chi connectivity index (χ3v) is 3.90. The highest BCUT2D eigenvalue weighted by atomic mass is 32.2. The first kappa shape index (κ1) is 13.4. The maximum atomic E-state index is 10.8. The van der Waals surface area contributed by atoms with E-state index in [-0.39, 0.29) is 5.69 Å². The van der Waals surface area contributed by atoms with E-state index in [1.165, 1.54) is 24.2 Å². The summed E-state index contributed by atoms with van der Waals surface area (Å²) < 4.78 is 1.58. The lowest BCUT2D eigenvalue weighted by molar-refractivity contribution is -0.384. The first-order valence-electron chi connectivity index (χ1n) is 6.01. The average Bonchev–Trinajstić information content (AvgIpc) is 2.88. The number of aryl methyl sites for hydroxylation is 1. The summed E-state index contributed by atoms with van der Waals surface area (Å²) in [4.78, 5) is 18.7. The van der Waals surface area contributed by atoms with Gasteiger partial charge in [0.1, 0.15) is 11.4 Å². The summed E-state index contributed by atoms with van der Waals surface area (Å²) in [6.45, 7) is 0. The second-order valence-corrected chi connectivity index (χ2v) is 5.24. The molecule has 0 N–H and O–H groups in total. The van der Waals surface area contributed by atoms with Crippen LogP contribution in [0, 0.1) is 10.1 Å². The Kier molecular flexibility index (Phi) is 3.48. The molecule has 0 bridgehead atoms. The number of nitro groups is 1. The first-order valence-corrected chi connectivity index (χ1v) is 7.00. The van der Waals surface area contributed by atoms with Gasteiger partial charge in [-0.05, 0) is 5.56 Å². The molecule has 0 radical (unpaired) electrons. The zero-order valence-electron chi connectivity index (χ0n) is 11.0. The van der Waals surface area contributed by atoms with Crippen LogP contribution in [-0.4, -0.2) is 29.9 Å². The molecule has 0 saturated heterocycles. The van der Waals surface area contributed by atoms with E-state index in [2.05, 4.69) is 20.3 Å². The Morgan fingerprint density at radius 3 is 3.05 bits per heavy atom. The van der Waals surface area contributed by atoms with Gasteiger partial charge in [0.2, 0.25) is 0 Å². The van der Waals surface area contributed by atoms with Crippen molar-refractivity contribution < 1.29 is 4.92 Å². The van der Waals surface area contributed by atoms with E-state index in [4.69, 9.17) is 0 Å². The van der Waals surface area contributed by atoms with E-state index < -0.39 is 4.92 Å². The first-order chi connectivity index (χ1) is 10.1. The van der Waals surface area contributed by atoms with Crippen LogP contribution in [0.1, 0.15) is 5.56 Å². The SMILES string of the molecule is Cn1nnc2c(SCc3cccc([N+](=O)[O-])c3)ncnc21. The highest BCUT2D eigenvalue weighted by molar-refractivity contribution is 7.98. The summed E-state index contributed by atoms with van der Waals surface area (Å²) in [5, 5.41) is 19.4. The van der Waals surface area contributed by atoms with Crippen LogP contribution in [0.4, 0.5) is 5.69 Å². The number of hydrogen-bond donors (Lipinski definition) is 0. The molecule has 0 aliphatic carbocycles. The molecule has 0 amide bonds. The van der Waals surface area contributed by atoms with E-state index in [9.17, 15) is 10.1 Å². The summed E-state index contributed by atoms with van der Waals surface area (Å²) in [5.41, 5.74) is 2.23. The molecular weight excluding hydrogens is 292 g/mol. The number of nitrogens with zero attached hydrogens (tertiary/aromatic N) is 6. The molecule has 0 aliphatic rings. The minimum atomic E-state index is -0.403. The molecule has 3 aromatic rings. The number of aromatic nitrogens is 5. The fraction of sp³-hybridized carbons (Fsp3) is 0.167. The third kappa shape index (κ3) is 2.68. The Hall–Kier alpha value is -2.55. The van der Waals surface area contributed by atoms with Crippen molar-refractivity contribution in [3.63, 3.8) is 0 Å². The normalized spacial score (nSPS) is 10.9. The Morgan fingerprint density at radius 2 is 2.24 bits per heavy atom. The van der Waals surface area contributed by atoms with Gasteiger partial charge in [0.15, 0.2) is 11.2 Å². The van der Waals surface area contributed by atoms with Gasteiger partial charge in [-0.2, -0.15) is 0 Å². The predicted molar refractivity (Wildman–Crippen MR) is 76.8 cm³/mol. The van der Waals surface area contributed by atoms with Crippen LogP contribution in [0.15, 0.2) is 35.6 Å². The van der Waals surface area contributed by atoms with Gasteiger partial charge in [-0.3, -0.25) is 10.1 Å². The molecule has 0 unspecified atom stereocenters. The van der Waals surface area contributed by atoms with E-state index in [0.717, 1.165) is 5.56 Å². The number of hydrogen-bond acceptors (Lipinski definition) is 7. The van der Waals surface area contributed by atoms with Crippen molar-refractivity contribution in [1.29, 1.82) is 0 Å². The largest absolute Gasteiger partial charge is 0.269 e. The predicted octanol–water partition coefficient (Wildman–Crippen LogP) is 1.96. The van der Waals surface area contributed by atoms with Crippen LogP contribution in [0.2, 0.25) is 0 Å². The van der Waals surface area contributed by atoms with Crippen molar-refractivity contribution in [2.45, 2.75) is 10.8 Å². The van der Waals surface area contributed by atoms with Gasteiger partial charge >= 0.3 is 0 Å². The summed E-state index contributed by atoms with van der Waals surface area (Å²) in [7, 11) is 1.76. The van der Waals surface area contributed by atoms with Crippen molar-refractivity contribution in [2.75, 3.05) is 0 Å². The topological polar surface area (TPSA) is 99.6 Å². The lowest BCUT2D eigenvalue weighted by Crippen LogP contribution is -1.93. The van der Waals surface area contributed by atoms with E-state index in [1.807, 2.05) is 6.07 Å². The smallest absolute Gasteiger partial charge is 0.258 e. The van der Waals surface area contributed by atoms with Crippen LogP contribution < -0.4 is 0 Å². The number of non-ortho nitro benzene ring substituents is 1. The molecule has 2 heterocycles. The average molecular weight is 302 g/mol. The fourth-order valence-electron chi connectivity index (χ4n) is 1.85. The third-order valence-electron chi connectivity index (χ3n) is 2.85. The minimum absolute atomic E-state index is 0.0837.